The molecule has 0 aliphatic heterocycles. The summed E-state index contributed by atoms with van der Waals surface area (Å²) in [6.07, 6.45) is 3.33. The zero-order valence-corrected chi connectivity index (χ0v) is 13.9. The Morgan fingerprint density at radius 1 is 0.962 bits per heavy atom. The molecule has 0 amide bonds. The fourth-order valence-corrected chi connectivity index (χ4v) is 2.70. The Balaban J connectivity index is 1.75. The highest BCUT2D eigenvalue weighted by atomic mass is 19.1. The molecule has 0 unspecified atom stereocenters. The molecule has 128 valence electrons. The van der Waals surface area contributed by atoms with Crippen molar-refractivity contribution in [3.63, 3.8) is 0 Å². The molecule has 0 spiro atoms. The van der Waals surface area contributed by atoms with Gasteiger partial charge in [-0.25, -0.2) is 9.37 Å². The molecule has 5 nitrogen and oxygen atoms in total. The molecule has 0 N–H and O–H groups in total. The zero-order valence-electron chi connectivity index (χ0n) is 13.9. The van der Waals surface area contributed by atoms with Crippen molar-refractivity contribution in [2.75, 3.05) is 7.11 Å². The lowest BCUT2D eigenvalue weighted by Crippen LogP contribution is -1.95. The number of methoxy groups -OCH3 is 1. The smallest absolute Gasteiger partial charge is 0.222 e. The molecule has 0 saturated carbocycles. The first-order valence-electron chi connectivity index (χ1n) is 7.93. The lowest BCUT2D eigenvalue weighted by atomic mass is 10.1. The van der Waals surface area contributed by atoms with E-state index >= 15 is 0 Å². The third-order valence-electron chi connectivity index (χ3n) is 3.90. The van der Waals surface area contributed by atoms with Gasteiger partial charge < -0.3 is 9.47 Å². The molecule has 2 heterocycles. The third kappa shape index (κ3) is 3.04. The minimum atomic E-state index is -0.304. The molecule has 0 saturated heterocycles. The molecule has 6 heteroatoms. The van der Waals surface area contributed by atoms with Gasteiger partial charge in [-0.2, -0.15) is 5.10 Å². The van der Waals surface area contributed by atoms with E-state index in [-0.39, 0.29) is 5.82 Å². The first-order valence-corrected chi connectivity index (χ1v) is 7.93. The summed E-state index contributed by atoms with van der Waals surface area (Å²) in [5.74, 6) is 1.37. The van der Waals surface area contributed by atoms with Crippen molar-refractivity contribution >= 4 is 10.8 Å². The molecule has 4 rings (SSSR count). The molecule has 0 aliphatic rings. The van der Waals surface area contributed by atoms with Gasteiger partial charge in [0.15, 0.2) is 0 Å². The quantitative estimate of drug-likeness (QED) is 0.539. The van der Waals surface area contributed by atoms with E-state index in [1.54, 1.807) is 31.6 Å². The average molecular weight is 347 g/mol. The summed E-state index contributed by atoms with van der Waals surface area (Å²) in [5.41, 5.74) is 1.45. The summed E-state index contributed by atoms with van der Waals surface area (Å²) in [6.45, 7) is 0. The molecule has 2 aromatic carbocycles. The fourth-order valence-electron chi connectivity index (χ4n) is 2.70. The van der Waals surface area contributed by atoms with Gasteiger partial charge in [0, 0.05) is 17.0 Å². The zero-order chi connectivity index (χ0) is 17.9. The Hall–Kier alpha value is -3.54. The highest BCUT2D eigenvalue weighted by Crippen LogP contribution is 2.33. The van der Waals surface area contributed by atoms with Gasteiger partial charge in [-0.1, -0.05) is 0 Å². The van der Waals surface area contributed by atoms with Crippen LogP contribution in [0.4, 0.5) is 4.39 Å². The van der Waals surface area contributed by atoms with E-state index in [1.807, 2.05) is 30.3 Å². The summed E-state index contributed by atoms with van der Waals surface area (Å²) in [7, 11) is 1.57. The van der Waals surface area contributed by atoms with Gasteiger partial charge in [-0.05, 0) is 54.6 Å². The Bertz CT molecular complexity index is 1070. The molecule has 0 radical (unpaired) electrons. The van der Waals surface area contributed by atoms with Gasteiger partial charge in [0.2, 0.25) is 5.88 Å². The molecule has 0 atom stereocenters. The predicted molar refractivity (Wildman–Crippen MR) is 95.8 cm³/mol. The van der Waals surface area contributed by atoms with Gasteiger partial charge in [-0.15, -0.1) is 5.10 Å². The average Bonchev–Trinajstić information content (AvgIpc) is 2.69. The van der Waals surface area contributed by atoms with Gasteiger partial charge in [-0.3, -0.25) is 0 Å². The van der Waals surface area contributed by atoms with Crippen molar-refractivity contribution in [3.05, 3.63) is 72.8 Å². The SMILES string of the molecule is COc1ncccc1-c1nncc2cc(Oc3ccc(F)cc3)ccc12. The third-order valence-corrected chi connectivity index (χ3v) is 3.90. The largest absolute Gasteiger partial charge is 0.481 e. The van der Waals surface area contributed by atoms with Crippen LogP contribution in [0, 0.1) is 5.82 Å². The molecule has 4 aromatic rings. The van der Waals surface area contributed by atoms with Gasteiger partial charge in [0.1, 0.15) is 23.0 Å². The molecule has 2 aromatic heterocycles. The monoisotopic (exact) mass is 347 g/mol. The van der Waals surface area contributed by atoms with Crippen molar-refractivity contribution in [1.29, 1.82) is 0 Å². The number of pyridine rings is 1. The standard InChI is InChI=1S/C20H14FN3O2/c1-25-20-18(3-2-10-22-20)19-17-9-8-16(11-13(17)12-23-24-19)26-15-6-4-14(21)5-7-15/h2-12H,1H3. The van der Waals surface area contributed by atoms with Crippen molar-refractivity contribution < 1.29 is 13.9 Å². The van der Waals surface area contributed by atoms with E-state index in [0.717, 1.165) is 16.3 Å². The Labute approximate surface area is 149 Å². The number of halogens is 1. The van der Waals surface area contributed by atoms with Crippen LogP contribution in [0.3, 0.4) is 0 Å². The maximum absolute atomic E-state index is 13.0. The molecule has 0 bridgehead atoms. The van der Waals surface area contributed by atoms with Crippen molar-refractivity contribution in [3.8, 4) is 28.6 Å². The van der Waals surface area contributed by atoms with Crippen LogP contribution in [0.15, 0.2) is 67.0 Å². The van der Waals surface area contributed by atoms with E-state index in [2.05, 4.69) is 15.2 Å². The number of hydrogen-bond donors (Lipinski definition) is 0. The van der Waals surface area contributed by atoms with Crippen molar-refractivity contribution in [2.45, 2.75) is 0 Å². The van der Waals surface area contributed by atoms with Gasteiger partial charge in [0.05, 0.1) is 18.9 Å². The number of fused-ring (bicyclic) bond motifs is 1. The number of ether oxygens (including phenoxy) is 2. The first kappa shape index (κ1) is 16.0. The number of hydrogen-bond acceptors (Lipinski definition) is 5. The molecule has 26 heavy (non-hydrogen) atoms. The summed E-state index contributed by atoms with van der Waals surface area (Å²) < 4.78 is 24.1. The van der Waals surface area contributed by atoms with Crippen LogP contribution in [0.2, 0.25) is 0 Å². The van der Waals surface area contributed by atoms with E-state index in [0.29, 0.717) is 23.1 Å². The molecule has 0 fully saturated rings. The highest BCUT2D eigenvalue weighted by molar-refractivity contribution is 5.95. The topological polar surface area (TPSA) is 57.1 Å². The van der Waals surface area contributed by atoms with Crippen molar-refractivity contribution in [2.24, 2.45) is 0 Å². The second-order valence-corrected chi connectivity index (χ2v) is 5.56. The lowest BCUT2D eigenvalue weighted by molar-refractivity contribution is 0.399. The normalized spacial score (nSPS) is 10.7. The minimum absolute atomic E-state index is 0.304. The summed E-state index contributed by atoms with van der Waals surface area (Å²) >= 11 is 0. The molecular weight excluding hydrogens is 333 g/mol. The van der Waals surface area contributed by atoms with E-state index < -0.39 is 0 Å². The predicted octanol–water partition coefficient (Wildman–Crippen LogP) is 4.63. The Morgan fingerprint density at radius 3 is 2.58 bits per heavy atom. The van der Waals surface area contributed by atoms with Crippen LogP contribution >= 0.6 is 0 Å². The second-order valence-electron chi connectivity index (χ2n) is 5.56. The summed E-state index contributed by atoms with van der Waals surface area (Å²) in [4.78, 5) is 4.22. The number of benzene rings is 2. The molecular formula is C20H14FN3O2. The number of rotatable bonds is 4. The van der Waals surface area contributed by atoms with Crippen LogP contribution in [0.1, 0.15) is 0 Å². The second kappa shape index (κ2) is 6.76. The molecule has 0 aliphatic carbocycles. The fraction of sp³-hybridized carbons (Fsp3) is 0.0500. The number of aromatic nitrogens is 3. The highest BCUT2D eigenvalue weighted by Gasteiger charge is 2.13. The maximum atomic E-state index is 13.0. The minimum Gasteiger partial charge on any atom is -0.481 e. The first-order chi connectivity index (χ1) is 12.7. The maximum Gasteiger partial charge on any atom is 0.222 e. The van der Waals surface area contributed by atoms with Crippen LogP contribution in [0.5, 0.6) is 17.4 Å². The summed E-state index contributed by atoms with van der Waals surface area (Å²) in [6, 6.07) is 15.2. The van der Waals surface area contributed by atoms with Crippen LogP contribution in [-0.4, -0.2) is 22.3 Å². The van der Waals surface area contributed by atoms with Crippen LogP contribution in [-0.2, 0) is 0 Å². The van der Waals surface area contributed by atoms with E-state index in [1.165, 1.54) is 12.1 Å². The van der Waals surface area contributed by atoms with Gasteiger partial charge >= 0.3 is 0 Å². The van der Waals surface area contributed by atoms with E-state index in [9.17, 15) is 4.39 Å². The van der Waals surface area contributed by atoms with E-state index in [4.69, 9.17) is 9.47 Å². The lowest BCUT2D eigenvalue weighted by Gasteiger charge is -2.10. The van der Waals surface area contributed by atoms with Crippen LogP contribution in [0.25, 0.3) is 22.0 Å². The Morgan fingerprint density at radius 2 is 1.77 bits per heavy atom. The van der Waals surface area contributed by atoms with Crippen molar-refractivity contribution in [1.82, 2.24) is 15.2 Å². The number of nitrogens with zero attached hydrogens (tertiary/aromatic N) is 3. The Kier molecular flexibility index (Phi) is 4.15. The summed E-state index contributed by atoms with van der Waals surface area (Å²) in [5, 5.41) is 10.1. The van der Waals surface area contributed by atoms with Crippen LogP contribution < -0.4 is 9.47 Å². The van der Waals surface area contributed by atoms with Gasteiger partial charge in [0.25, 0.3) is 0 Å².